The first-order valence-electron chi connectivity index (χ1n) is 8.14. The second-order valence-corrected chi connectivity index (χ2v) is 5.93. The van der Waals surface area contributed by atoms with Gasteiger partial charge in [0.25, 0.3) is 5.91 Å². The number of amides is 3. The van der Waals surface area contributed by atoms with Crippen molar-refractivity contribution in [1.29, 1.82) is 0 Å². The van der Waals surface area contributed by atoms with Gasteiger partial charge in [-0.3, -0.25) is 9.69 Å². The number of ether oxygens (including phenoxy) is 2. The first-order chi connectivity index (χ1) is 12.5. The number of nitrogens with zero attached hydrogens (tertiary/aromatic N) is 1. The van der Waals surface area contributed by atoms with Crippen LogP contribution in [-0.2, 0) is 11.3 Å². The summed E-state index contributed by atoms with van der Waals surface area (Å²) in [6, 6.07) is 12.6. The van der Waals surface area contributed by atoms with Crippen LogP contribution in [0.15, 0.2) is 48.2 Å². The van der Waals surface area contributed by atoms with E-state index in [4.69, 9.17) is 9.47 Å². The van der Waals surface area contributed by atoms with E-state index in [2.05, 4.69) is 5.32 Å². The second-order valence-electron chi connectivity index (χ2n) is 5.93. The number of nitrogens with one attached hydrogen (secondary N) is 1. The number of carbonyl (C=O) groups is 2. The van der Waals surface area contributed by atoms with Gasteiger partial charge in [-0.2, -0.15) is 0 Å². The van der Waals surface area contributed by atoms with Gasteiger partial charge in [-0.15, -0.1) is 0 Å². The van der Waals surface area contributed by atoms with Crippen LogP contribution >= 0.6 is 0 Å². The molecule has 2 aromatic carbocycles. The van der Waals surface area contributed by atoms with Gasteiger partial charge in [0, 0.05) is 0 Å². The predicted molar refractivity (Wildman–Crippen MR) is 97.8 cm³/mol. The molecule has 0 bridgehead atoms. The maximum atomic E-state index is 12.6. The highest BCUT2D eigenvalue weighted by atomic mass is 16.5. The number of benzene rings is 2. The number of imide groups is 1. The van der Waals surface area contributed by atoms with Gasteiger partial charge in [-0.05, 0) is 41.8 Å². The highest BCUT2D eigenvalue weighted by Gasteiger charge is 2.33. The molecule has 0 spiro atoms. The quantitative estimate of drug-likeness (QED) is 0.663. The minimum Gasteiger partial charge on any atom is -0.493 e. The van der Waals surface area contributed by atoms with Crippen LogP contribution in [-0.4, -0.2) is 31.1 Å². The van der Waals surface area contributed by atoms with Gasteiger partial charge in [-0.1, -0.05) is 30.3 Å². The number of methoxy groups -OCH3 is 2. The molecule has 1 aliphatic rings. The van der Waals surface area contributed by atoms with Crippen molar-refractivity contribution in [2.24, 2.45) is 0 Å². The fourth-order valence-electron chi connectivity index (χ4n) is 2.79. The van der Waals surface area contributed by atoms with Crippen LogP contribution in [0.5, 0.6) is 11.5 Å². The fraction of sp³-hybridized carbons (Fsp3) is 0.200. The standard InChI is InChI=1S/C20H20N2O4/c1-13-9-17(25-2)18(26-3)11-15(13)10-16-19(23)22(20(24)21-16)12-14-7-5-4-6-8-14/h4-11H,12H2,1-3H3,(H,21,24)/b16-10-. The third-order valence-corrected chi connectivity index (χ3v) is 4.22. The summed E-state index contributed by atoms with van der Waals surface area (Å²) in [6.07, 6.45) is 1.66. The summed E-state index contributed by atoms with van der Waals surface area (Å²) >= 11 is 0. The molecule has 1 aliphatic heterocycles. The Morgan fingerprint density at radius 3 is 2.35 bits per heavy atom. The number of hydrogen-bond acceptors (Lipinski definition) is 4. The van der Waals surface area contributed by atoms with Gasteiger partial charge < -0.3 is 14.8 Å². The molecule has 0 unspecified atom stereocenters. The maximum Gasteiger partial charge on any atom is 0.329 e. The molecule has 0 radical (unpaired) electrons. The fourth-order valence-corrected chi connectivity index (χ4v) is 2.79. The van der Waals surface area contributed by atoms with E-state index in [0.717, 1.165) is 16.7 Å². The smallest absolute Gasteiger partial charge is 0.329 e. The van der Waals surface area contributed by atoms with Crippen molar-refractivity contribution in [3.05, 3.63) is 64.9 Å². The average Bonchev–Trinajstić information content (AvgIpc) is 2.91. The van der Waals surface area contributed by atoms with Crippen molar-refractivity contribution >= 4 is 18.0 Å². The molecule has 3 amide bonds. The van der Waals surface area contributed by atoms with Gasteiger partial charge in [0.05, 0.1) is 20.8 Å². The Hall–Kier alpha value is -3.28. The molecule has 6 heteroatoms. The van der Waals surface area contributed by atoms with Gasteiger partial charge in [-0.25, -0.2) is 4.79 Å². The zero-order chi connectivity index (χ0) is 18.7. The zero-order valence-corrected chi connectivity index (χ0v) is 14.9. The van der Waals surface area contributed by atoms with Crippen LogP contribution in [0.3, 0.4) is 0 Å². The maximum absolute atomic E-state index is 12.6. The summed E-state index contributed by atoms with van der Waals surface area (Å²) in [5.74, 6) is 0.815. The number of carbonyl (C=O) groups excluding carboxylic acids is 2. The molecule has 2 aromatic rings. The lowest BCUT2D eigenvalue weighted by molar-refractivity contribution is -0.123. The SMILES string of the molecule is COc1cc(C)c(/C=C2\NC(=O)N(Cc3ccccc3)C2=O)cc1OC. The van der Waals surface area contributed by atoms with Gasteiger partial charge >= 0.3 is 6.03 Å². The lowest BCUT2D eigenvalue weighted by atomic mass is 10.1. The molecule has 1 fully saturated rings. The minimum atomic E-state index is -0.428. The van der Waals surface area contributed by atoms with Crippen LogP contribution in [0.1, 0.15) is 16.7 Å². The topological polar surface area (TPSA) is 67.9 Å². The van der Waals surface area contributed by atoms with E-state index in [0.29, 0.717) is 11.5 Å². The first-order valence-corrected chi connectivity index (χ1v) is 8.14. The molecule has 6 nitrogen and oxygen atoms in total. The molecular formula is C20H20N2O4. The molecule has 26 heavy (non-hydrogen) atoms. The molecule has 0 aliphatic carbocycles. The van der Waals surface area contributed by atoms with Crippen LogP contribution in [0.2, 0.25) is 0 Å². The van der Waals surface area contributed by atoms with Crippen molar-refractivity contribution in [3.8, 4) is 11.5 Å². The highest BCUT2D eigenvalue weighted by Crippen LogP contribution is 2.31. The van der Waals surface area contributed by atoms with E-state index < -0.39 is 6.03 Å². The summed E-state index contributed by atoms with van der Waals surface area (Å²) in [6.45, 7) is 2.13. The van der Waals surface area contributed by atoms with E-state index in [1.165, 1.54) is 4.90 Å². The largest absolute Gasteiger partial charge is 0.493 e. The molecule has 3 rings (SSSR count). The monoisotopic (exact) mass is 352 g/mol. The van der Waals surface area contributed by atoms with Gasteiger partial charge in [0.1, 0.15) is 5.70 Å². The summed E-state index contributed by atoms with van der Waals surface area (Å²) in [4.78, 5) is 26.0. The molecule has 0 saturated carbocycles. The van der Waals surface area contributed by atoms with E-state index in [9.17, 15) is 9.59 Å². The molecule has 0 aromatic heterocycles. The Morgan fingerprint density at radius 1 is 1.04 bits per heavy atom. The van der Waals surface area contributed by atoms with Gasteiger partial charge in [0.15, 0.2) is 11.5 Å². The summed E-state index contributed by atoms with van der Waals surface area (Å²) in [5.41, 5.74) is 2.80. The van der Waals surface area contributed by atoms with Crippen LogP contribution in [0.25, 0.3) is 6.08 Å². The summed E-state index contributed by atoms with van der Waals surface area (Å²) in [7, 11) is 3.12. The van der Waals surface area contributed by atoms with Crippen LogP contribution in [0, 0.1) is 6.92 Å². The van der Waals surface area contributed by atoms with Crippen molar-refractivity contribution in [1.82, 2.24) is 10.2 Å². The average molecular weight is 352 g/mol. The van der Waals surface area contributed by atoms with Crippen LogP contribution in [0.4, 0.5) is 4.79 Å². The molecule has 0 atom stereocenters. The highest BCUT2D eigenvalue weighted by molar-refractivity contribution is 6.14. The van der Waals surface area contributed by atoms with E-state index >= 15 is 0 Å². The Balaban J connectivity index is 1.88. The molecule has 1 N–H and O–H groups in total. The third-order valence-electron chi connectivity index (χ3n) is 4.22. The summed E-state index contributed by atoms with van der Waals surface area (Å²) < 4.78 is 10.6. The predicted octanol–water partition coefficient (Wildman–Crippen LogP) is 3.11. The zero-order valence-electron chi connectivity index (χ0n) is 14.9. The number of hydrogen-bond donors (Lipinski definition) is 1. The van der Waals surface area contributed by atoms with Crippen LogP contribution < -0.4 is 14.8 Å². The Morgan fingerprint density at radius 2 is 1.69 bits per heavy atom. The van der Waals surface area contributed by atoms with Gasteiger partial charge in [0.2, 0.25) is 0 Å². The number of urea groups is 1. The van der Waals surface area contributed by atoms with E-state index in [1.54, 1.807) is 26.4 Å². The Bertz CT molecular complexity index is 875. The second kappa shape index (κ2) is 7.31. The minimum absolute atomic E-state index is 0.230. The van der Waals surface area contributed by atoms with Crippen molar-refractivity contribution < 1.29 is 19.1 Å². The molecule has 134 valence electrons. The third kappa shape index (κ3) is 3.39. The number of rotatable bonds is 5. The lowest BCUT2D eigenvalue weighted by Crippen LogP contribution is -2.30. The molecule has 1 saturated heterocycles. The first kappa shape index (κ1) is 17.5. The van der Waals surface area contributed by atoms with Crippen molar-refractivity contribution in [2.75, 3.05) is 14.2 Å². The van der Waals surface area contributed by atoms with E-state index in [1.807, 2.05) is 43.3 Å². The van der Waals surface area contributed by atoms with Crippen molar-refractivity contribution in [3.63, 3.8) is 0 Å². The molecular weight excluding hydrogens is 332 g/mol. The molecule has 1 heterocycles. The van der Waals surface area contributed by atoms with E-state index in [-0.39, 0.29) is 18.1 Å². The van der Waals surface area contributed by atoms with Crippen molar-refractivity contribution in [2.45, 2.75) is 13.5 Å². The lowest BCUT2D eigenvalue weighted by Gasteiger charge is -2.12. The Kier molecular flexibility index (Phi) is 4.93. The summed E-state index contributed by atoms with van der Waals surface area (Å²) in [5, 5.41) is 2.64. The normalized spacial score (nSPS) is 15.3. The Labute approximate surface area is 152 Å². The number of aryl methyl sites for hydroxylation is 1.